The van der Waals surface area contributed by atoms with Crippen LogP contribution in [0.3, 0.4) is 0 Å². The Morgan fingerprint density at radius 1 is 1.61 bits per heavy atom. The van der Waals surface area contributed by atoms with Gasteiger partial charge in [0.25, 0.3) is 5.91 Å². The van der Waals surface area contributed by atoms with Gasteiger partial charge in [-0.1, -0.05) is 0 Å². The minimum atomic E-state index is -0.382. The number of morpholine rings is 1. The first-order chi connectivity index (χ1) is 8.61. The molecule has 1 unspecified atom stereocenters. The average molecular weight is 337 g/mol. The van der Waals surface area contributed by atoms with Gasteiger partial charge in [0.1, 0.15) is 5.82 Å². The van der Waals surface area contributed by atoms with E-state index >= 15 is 0 Å². The summed E-state index contributed by atoms with van der Waals surface area (Å²) in [4.78, 5) is 13.9. The average Bonchev–Trinajstić information content (AvgIpc) is 2.41. The minimum absolute atomic E-state index is 0.130. The number of ether oxygens (including phenoxy) is 1. The molecule has 1 aliphatic heterocycles. The Labute approximate surface area is 118 Å². The fraction of sp³-hybridized carbons (Fsp3) is 0.417. The highest BCUT2D eigenvalue weighted by molar-refractivity contribution is 9.10. The largest absolute Gasteiger partial charge is 0.373 e. The number of carbonyl (C=O) groups is 1. The zero-order valence-electron chi connectivity index (χ0n) is 9.54. The van der Waals surface area contributed by atoms with Crippen molar-refractivity contribution in [1.82, 2.24) is 4.90 Å². The summed E-state index contributed by atoms with van der Waals surface area (Å²) in [6.45, 7) is 1.48. The highest BCUT2D eigenvalue weighted by Gasteiger charge is 2.24. The van der Waals surface area contributed by atoms with Crippen LogP contribution in [-0.4, -0.2) is 42.5 Å². The summed E-state index contributed by atoms with van der Waals surface area (Å²) in [5, 5.41) is 0. The van der Waals surface area contributed by atoms with Crippen LogP contribution >= 0.6 is 27.5 Å². The molecule has 0 bridgehead atoms. The maximum atomic E-state index is 13.1. The standard InChI is InChI=1S/C12H12BrClFNO2/c13-10-5-8(1-2-11(10)15)12(17)16-3-4-18-9(6-14)7-16/h1-2,5,9H,3-4,6-7H2. The molecule has 0 radical (unpaired) electrons. The van der Waals surface area contributed by atoms with Crippen molar-refractivity contribution in [2.75, 3.05) is 25.6 Å². The number of nitrogens with zero attached hydrogens (tertiary/aromatic N) is 1. The number of hydrogen-bond acceptors (Lipinski definition) is 2. The summed E-state index contributed by atoms with van der Waals surface area (Å²) in [6.07, 6.45) is -0.131. The van der Waals surface area contributed by atoms with Gasteiger partial charge in [-0.25, -0.2) is 4.39 Å². The molecule has 0 aromatic heterocycles. The Morgan fingerprint density at radius 3 is 3.06 bits per heavy atom. The third-order valence-corrected chi connectivity index (χ3v) is 3.72. The molecule has 1 heterocycles. The molecule has 1 atom stereocenters. The maximum Gasteiger partial charge on any atom is 0.254 e. The highest BCUT2D eigenvalue weighted by atomic mass is 79.9. The number of benzene rings is 1. The third-order valence-electron chi connectivity index (χ3n) is 2.76. The summed E-state index contributed by atoms with van der Waals surface area (Å²) in [5.74, 6) is -0.155. The number of alkyl halides is 1. The first-order valence-corrected chi connectivity index (χ1v) is 6.86. The summed E-state index contributed by atoms with van der Waals surface area (Å²) >= 11 is 8.79. The van der Waals surface area contributed by atoms with Crippen molar-refractivity contribution >= 4 is 33.4 Å². The van der Waals surface area contributed by atoms with E-state index in [4.69, 9.17) is 16.3 Å². The predicted molar refractivity (Wildman–Crippen MR) is 70.5 cm³/mol. The maximum absolute atomic E-state index is 13.1. The van der Waals surface area contributed by atoms with Gasteiger partial charge in [-0.2, -0.15) is 0 Å². The zero-order chi connectivity index (χ0) is 13.1. The summed E-state index contributed by atoms with van der Waals surface area (Å²) in [7, 11) is 0. The number of carbonyl (C=O) groups excluding carboxylic acids is 1. The molecule has 98 valence electrons. The molecule has 1 fully saturated rings. The van der Waals surface area contributed by atoms with Gasteiger partial charge >= 0.3 is 0 Å². The first-order valence-electron chi connectivity index (χ1n) is 5.53. The van der Waals surface area contributed by atoms with E-state index in [1.165, 1.54) is 18.2 Å². The van der Waals surface area contributed by atoms with E-state index in [1.807, 2.05) is 0 Å². The molecule has 2 rings (SSSR count). The molecule has 18 heavy (non-hydrogen) atoms. The van der Waals surface area contributed by atoms with Crippen LogP contribution < -0.4 is 0 Å². The van der Waals surface area contributed by atoms with Gasteiger partial charge < -0.3 is 9.64 Å². The Kier molecular flexibility index (Phi) is 4.59. The SMILES string of the molecule is O=C(c1ccc(F)c(Br)c1)N1CCOC(CCl)C1. The second-order valence-corrected chi connectivity index (χ2v) is 5.19. The molecule has 1 aromatic carbocycles. The molecule has 1 aliphatic rings. The van der Waals surface area contributed by atoms with Crippen molar-refractivity contribution in [2.24, 2.45) is 0 Å². The number of halogens is 3. The van der Waals surface area contributed by atoms with Crippen molar-refractivity contribution in [3.63, 3.8) is 0 Å². The molecule has 0 spiro atoms. The van der Waals surface area contributed by atoms with Gasteiger partial charge in [-0.05, 0) is 34.1 Å². The lowest BCUT2D eigenvalue weighted by Gasteiger charge is -2.32. The van der Waals surface area contributed by atoms with Crippen LogP contribution in [0.4, 0.5) is 4.39 Å². The molecule has 0 N–H and O–H groups in total. The van der Waals surface area contributed by atoms with Crippen LogP contribution in [-0.2, 0) is 4.74 Å². The van der Waals surface area contributed by atoms with Crippen molar-refractivity contribution in [2.45, 2.75) is 6.10 Å². The fourth-order valence-corrected chi connectivity index (χ4v) is 2.37. The fourth-order valence-electron chi connectivity index (χ4n) is 1.81. The third kappa shape index (κ3) is 3.02. The monoisotopic (exact) mass is 335 g/mol. The van der Waals surface area contributed by atoms with Crippen molar-refractivity contribution in [1.29, 1.82) is 0 Å². The Bertz CT molecular complexity index is 458. The number of amides is 1. The topological polar surface area (TPSA) is 29.5 Å². The highest BCUT2D eigenvalue weighted by Crippen LogP contribution is 2.19. The Morgan fingerprint density at radius 2 is 2.39 bits per heavy atom. The van der Waals surface area contributed by atoms with Gasteiger partial charge in [0.2, 0.25) is 0 Å². The number of hydrogen-bond donors (Lipinski definition) is 0. The number of rotatable bonds is 2. The molecule has 0 saturated carbocycles. The smallest absolute Gasteiger partial charge is 0.254 e. The summed E-state index contributed by atoms with van der Waals surface area (Å²) < 4.78 is 18.8. The van der Waals surface area contributed by atoms with E-state index in [1.54, 1.807) is 4.90 Å². The molecule has 1 amide bonds. The Balaban J connectivity index is 2.12. The van der Waals surface area contributed by atoms with Crippen molar-refractivity contribution in [3.8, 4) is 0 Å². The second-order valence-electron chi connectivity index (χ2n) is 4.03. The lowest BCUT2D eigenvalue weighted by atomic mass is 10.1. The van der Waals surface area contributed by atoms with Gasteiger partial charge in [-0.15, -0.1) is 11.6 Å². The van der Waals surface area contributed by atoms with Crippen LogP contribution in [0.2, 0.25) is 0 Å². The van der Waals surface area contributed by atoms with Crippen LogP contribution in [0, 0.1) is 5.82 Å². The molecular formula is C12H12BrClFNO2. The van der Waals surface area contributed by atoms with Crippen LogP contribution in [0.15, 0.2) is 22.7 Å². The van der Waals surface area contributed by atoms with E-state index in [-0.39, 0.29) is 22.3 Å². The summed E-state index contributed by atoms with van der Waals surface area (Å²) in [6, 6.07) is 4.24. The van der Waals surface area contributed by atoms with Crippen molar-refractivity contribution < 1.29 is 13.9 Å². The molecule has 3 nitrogen and oxygen atoms in total. The lowest BCUT2D eigenvalue weighted by Crippen LogP contribution is -2.46. The zero-order valence-corrected chi connectivity index (χ0v) is 11.9. The van der Waals surface area contributed by atoms with E-state index in [0.29, 0.717) is 31.1 Å². The van der Waals surface area contributed by atoms with Crippen LogP contribution in [0.5, 0.6) is 0 Å². The molecule has 1 saturated heterocycles. The van der Waals surface area contributed by atoms with Gasteiger partial charge in [0.15, 0.2) is 0 Å². The molecular weight excluding hydrogens is 324 g/mol. The van der Waals surface area contributed by atoms with E-state index < -0.39 is 0 Å². The van der Waals surface area contributed by atoms with Gasteiger partial charge in [0, 0.05) is 18.7 Å². The summed E-state index contributed by atoms with van der Waals surface area (Å²) in [5.41, 5.74) is 0.457. The molecule has 6 heteroatoms. The van der Waals surface area contributed by atoms with Crippen LogP contribution in [0.25, 0.3) is 0 Å². The lowest BCUT2D eigenvalue weighted by molar-refractivity contribution is -0.0108. The van der Waals surface area contributed by atoms with Crippen molar-refractivity contribution in [3.05, 3.63) is 34.1 Å². The quantitative estimate of drug-likeness (QED) is 0.777. The van der Waals surface area contributed by atoms with Gasteiger partial charge in [0.05, 0.1) is 23.1 Å². The van der Waals surface area contributed by atoms with Crippen LogP contribution in [0.1, 0.15) is 10.4 Å². The van der Waals surface area contributed by atoms with Gasteiger partial charge in [-0.3, -0.25) is 4.79 Å². The molecule has 1 aromatic rings. The molecule has 0 aliphatic carbocycles. The predicted octanol–water partition coefficient (Wildman–Crippen LogP) is 2.67. The first kappa shape index (κ1) is 13.8. The normalized spacial score (nSPS) is 19.9. The minimum Gasteiger partial charge on any atom is -0.373 e. The second kappa shape index (κ2) is 5.99. The van der Waals surface area contributed by atoms with E-state index in [9.17, 15) is 9.18 Å². The van der Waals surface area contributed by atoms with E-state index in [2.05, 4.69) is 15.9 Å². The van der Waals surface area contributed by atoms with E-state index in [0.717, 1.165) is 0 Å². The Hall–Kier alpha value is -0.650.